The molecule has 0 saturated carbocycles. The molecule has 4 rings (SSSR count). The third kappa shape index (κ3) is 3.41. The molecule has 3 aromatic rings. The van der Waals surface area contributed by atoms with Crippen LogP contribution in [0.15, 0.2) is 60.3 Å². The molecule has 7 nitrogen and oxygen atoms in total. The van der Waals surface area contributed by atoms with Gasteiger partial charge in [-0.15, -0.1) is 0 Å². The molecule has 1 aliphatic rings. The summed E-state index contributed by atoms with van der Waals surface area (Å²) in [4.78, 5) is 23.7. The maximum absolute atomic E-state index is 11.8. The largest absolute Gasteiger partial charge is 0.382 e. The van der Waals surface area contributed by atoms with Crippen molar-refractivity contribution in [3.8, 4) is 11.1 Å². The number of amidine groups is 1. The van der Waals surface area contributed by atoms with Gasteiger partial charge >= 0.3 is 0 Å². The van der Waals surface area contributed by atoms with E-state index >= 15 is 0 Å². The minimum absolute atomic E-state index is 0.155. The third-order valence-electron chi connectivity index (χ3n) is 5.20. The minimum atomic E-state index is -0.219. The van der Waals surface area contributed by atoms with Crippen molar-refractivity contribution in [2.75, 3.05) is 0 Å². The molecule has 1 aliphatic carbocycles. The molecule has 1 atom stereocenters. The van der Waals surface area contributed by atoms with E-state index in [1.54, 1.807) is 0 Å². The van der Waals surface area contributed by atoms with Crippen molar-refractivity contribution in [3.05, 3.63) is 72.2 Å². The normalized spacial score (nSPS) is 16.0. The first-order chi connectivity index (χ1) is 14.5. The molecule has 0 saturated heterocycles. The fraction of sp³-hybridized carbons (Fsp3) is 0.130. The maximum atomic E-state index is 11.8. The molecule has 0 aliphatic heterocycles. The second-order valence-electron chi connectivity index (χ2n) is 7.16. The molecule has 1 amide bonds. The Kier molecular flexibility index (Phi) is 5.02. The zero-order valence-corrected chi connectivity index (χ0v) is 16.6. The predicted molar refractivity (Wildman–Crippen MR) is 121 cm³/mol. The molecule has 2 aromatic heterocycles. The van der Waals surface area contributed by atoms with Gasteiger partial charge < -0.3 is 16.0 Å². The number of carbonyl (C=O) groups excluding carboxylic acids is 1. The summed E-state index contributed by atoms with van der Waals surface area (Å²) in [6, 6.07) is 9.84. The summed E-state index contributed by atoms with van der Waals surface area (Å²) in [5, 5.41) is 11.3. The molecule has 0 bridgehead atoms. The molecule has 30 heavy (non-hydrogen) atoms. The Morgan fingerprint density at radius 2 is 2.20 bits per heavy atom. The van der Waals surface area contributed by atoms with Crippen molar-refractivity contribution < 1.29 is 4.79 Å². The number of carbonyl (C=O) groups is 1. The van der Waals surface area contributed by atoms with Crippen molar-refractivity contribution in [3.63, 3.8) is 0 Å². The molecular weight excluding hydrogens is 376 g/mol. The Morgan fingerprint density at radius 1 is 1.40 bits per heavy atom. The number of fused-ring (bicyclic) bond motifs is 2. The number of nitrogens with one attached hydrogen (secondary N) is 3. The monoisotopic (exact) mass is 398 g/mol. The highest BCUT2D eigenvalue weighted by Gasteiger charge is 2.27. The van der Waals surface area contributed by atoms with E-state index in [1.165, 1.54) is 6.08 Å². The first kappa shape index (κ1) is 19.3. The molecule has 2 heterocycles. The topological polar surface area (TPSA) is 120 Å². The number of pyridine rings is 1. The Morgan fingerprint density at radius 3 is 2.97 bits per heavy atom. The smallest absolute Gasteiger partial charge is 0.243 e. The third-order valence-corrected chi connectivity index (χ3v) is 5.20. The van der Waals surface area contributed by atoms with E-state index in [1.807, 2.05) is 43.5 Å². The first-order valence-electron chi connectivity index (χ1n) is 9.56. The highest BCUT2D eigenvalue weighted by molar-refractivity contribution is 6.08. The van der Waals surface area contributed by atoms with Crippen LogP contribution in [0.5, 0.6) is 0 Å². The molecule has 1 aromatic carbocycles. The second-order valence-corrected chi connectivity index (χ2v) is 7.16. The highest BCUT2D eigenvalue weighted by Crippen LogP contribution is 2.38. The van der Waals surface area contributed by atoms with Crippen LogP contribution in [0.2, 0.25) is 0 Å². The number of nitrogens with zero attached hydrogens (tertiary/aromatic N) is 2. The quantitative estimate of drug-likeness (QED) is 0.300. The van der Waals surface area contributed by atoms with Crippen molar-refractivity contribution in [2.24, 2.45) is 10.7 Å². The van der Waals surface area contributed by atoms with Gasteiger partial charge in [0.25, 0.3) is 0 Å². The molecule has 7 heteroatoms. The Balaban J connectivity index is 1.90. The number of para-hydroxylation sites is 1. The van der Waals surface area contributed by atoms with Crippen LogP contribution in [0.3, 0.4) is 0 Å². The number of aliphatic imine (C=N–C) groups is 1. The van der Waals surface area contributed by atoms with Crippen LogP contribution < -0.4 is 11.1 Å². The van der Waals surface area contributed by atoms with Crippen LogP contribution in [0.4, 0.5) is 0 Å². The minimum Gasteiger partial charge on any atom is -0.382 e. The average Bonchev–Trinajstić information content (AvgIpc) is 3.13. The van der Waals surface area contributed by atoms with Crippen LogP contribution in [0, 0.1) is 5.41 Å². The molecule has 0 radical (unpaired) electrons. The SMILES string of the molecule is C=CC(=O)N[C@@H]1C=C(C)c2c([nH]c(/C(N)=N\C=N)c2-c2cnc3ccccc3c2)C1. The van der Waals surface area contributed by atoms with Gasteiger partial charge in [0.2, 0.25) is 5.91 Å². The number of rotatable bonds is 5. The number of H-pyrrole nitrogens is 1. The van der Waals surface area contributed by atoms with Gasteiger partial charge in [0.15, 0.2) is 0 Å². The summed E-state index contributed by atoms with van der Waals surface area (Å²) in [6.45, 7) is 5.52. The van der Waals surface area contributed by atoms with E-state index in [4.69, 9.17) is 11.1 Å². The van der Waals surface area contributed by atoms with E-state index in [0.29, 0.717) is 12.1 Å². The standard InChI is InChI=1S/C23H22N6O/c1-3-19(30)28-16-8-13(2)20-18(10-16)29-22(23(25)27-12-24)21(20)15-9-14-6-4-5-7-17(14)26-11-15/h3-9,11-12,16,29H,1,10H2,2H3,(H,28,30)(H3,24,25,27)/t16-/m1/s1. The summed E-state index contributed by atoms with van der Waals surface area (Å²) in [5.74, 6) is 0.00477. The number of aromatic amines is 1. The lowest BCUT2D eigenvalue weighted by Crippen LogP contribution is -2.35. The number of amides is 1. The van der Waals surface area contributed by atoms with Crippen molar-refractivity contribution >= 4 is 34.6 Å². The van der Waals surface area contributed by atoms with Crippen LogP contribution in [0.25, 0.3) is 27.6 Å². The number of benzene rings is 1. The van der Waals surface area contributed by atoms with Gasteiger partial charge in [-0.1, -0.05) is 30.9 Å². The molecule has 0 fully saturated rings. The maximum Gasteiger partial charge on any atom is 0.243 e. The lowest BCUT2D eigenvalue weighted by atomic mass is 9.88. The van der Waals surface area contributed by atoms with E-state index < -0.39 is 0 Å². The second kappa shape index (κ2) is 7.79. The Hall–Kier alpha value is -4.00. The summed E-state index contributed by atoms with van der Waals surface area (Å²) in [6.07, 6.45) is 6.63. The average molecular weight is 398 g/mol. The molecule has 0 spiro atoms. The van der Waals surface area contributed by atoms with Gasteiger partial charge in [0.05, 0.1) is 17.3 Å². The Bertz CT molecular complexity index is 1230. The summed E-state index contributed by atoms with van der Waals surface area (Å²) in [7, 11) is 0. The van der Waals surface area contributed by atoms with Gasteiger partial charge in [-0.25, -0.2) is 4.99 Å². The van der Waals surface area contributed by atoms with E-state index in [-0.39, 0.29) is 17.8 Å². The molecule has 5 N–H and O–H groups in total. The van der Waals surface area contributed by atoms with Gasteiger partial charge in [0.1, 0.15) is 12.2 Å². The summed E-state index contributed by atoms with van der Waals surface area (Å²) >= 11 is 0. The van der Waals surface area contributed by atoms with Gasteiger partial charge in [-0.2, -0.15) is 0 Å². The highest BCUT2D eigenvalue weighted by atomic mass is 16.1. The fourth-order valence-electron chi connectivity index (χ4n) is 3.96. The zero-order valence-electron chi connectivity index (χ0n) is 16.6. The number of allylic oxidation sites excluding steroid dienone is 1. The van der Waals surface area contributed by atoms with Crippen molar-refractivity contribution in [1.82, 2.24) is 15.3 Å². The van der Waals surface area contributed by atoms with Crippen LogP contribution in [0.1, 0.15) is 23.9 Å². The molecule has 150 valence electrons. The summed E-state index contributed by atoms with van der Waals surface area (Å²) in [5.41, 5.74) is 12.5. The van der Waals surface area contributed by atoms with Crippen LogP contribution >= 0.6 is 0 Å². The van der Waals surface area contributed by atoms with Crippen LogP contribution in [-0.4, -0.2) is 34.1 Å². The van der Waals surface area contributed by atoms with Crippen molar-refractivity contribution in [2.45, 2.75) is 19.4 Å². The van der Waals surface area contributed by atoms with E-state index in [2.05, 4.69) is 32.9 Å². The van der Waals surface area contributed by atoms with Gasteiger partial charge in [-0.3, -0.25) is 15.2 Å². The number of nitrogens with two attached hydrogens (primary N) is 1. The fourth-order valence-corrected chi connectivity index (χ4v) is 3.96. The number of aromatic nitrogens is 2. The lowest BCUT2D eigenvalue weighted by molar-refractivity contribution is -0.116. The van der Waals surface area contributed by atoms with E-state index in [9.17, 15) is 4.79 Å². The lowest BCUT2D eigenvalue weighted by Gasteiger charge is -2.21. The van der Waals surface area contributed by atoms with Gasteiger partial charge in [-0.05, 0) is 30.7 Å². The van der Waals surface area contributed by atoms with E-state index in [0.717, 1.165) is 45.2 Å². The number of hydrogen-bond acceptors (Lipinski definition) is 3. The number of hydrogen-bond donors (Lipinski definition) is 4. The predicted octanol–water partition coefficient (Wildman–Crippen LogP) is 3.17. The molecule has 0 unspecified atom stereocenters. The molecular formula is C23H22N6O. The summed E-state index contributed by atoms with van der Waals surface area (Å²) < 4.78 is 0. The zero-order chi connectivity index (χ0) is 21.3. The Labute approximate surface area is 173 Å². The van der Waals surface area contributed by atoms with Gasteiger partial charge in [0, 0.05) is 40.4 Å². The first-order valence-corrected chi connectivity index (χ1v) is 9.56. The van der Waals surface area contributed by atoms with Crippen molar-refractivity contribution in [1.29, 1.82) is 5.41 Å². The van der Waals surface area contributed by atoms with Crippen LogP contribution in [-0.2, 0) is 11.2 Å².